The smallest absolute Gasteiger partial charge is 0.410 e. The van der Waals surface area contributed by atoms with Crippen LogP contribution in [-0.4, -0.2) is 85.5 Å². The molecule has 1 fully saturated rings. The molecule has 30 heavy (non-hydrogen) atoms. The molecule has 0 bridgehead atoms. The van der Waals surface area contributed by atoms with Crippen LogP contribution in [0.2, 0.25) is 0 Å². The Hall–Kier alpha value is -0.980. The third-order valence-electron chi connectivity index (χ3n) is 4.52. The molecule has 2 atom stereocenters. The van der Waals surface area contributed by atoms with Crippen molar-refractivity contribution in [3.63, 3.8) is 0 Å². The molecule has 0 radical (unpaired) electrons. The standard InChI is InChI=1S/C19H36F3N5O2.HI/c1-7-23-16(25-15-9-11-27(12-15)13-19(20,21)22)24-10-8-14(2)26(6)17(28)29-18(3,4)5;/h14-15H,7-13H2,1-6H3,(H2,23,24,25);1H. The van der Waals surface area contributed by atoms with Crippen molar-refractivity contribution in [1.29, 1.82) is 0 Å². The lowest BCUT2D eigenvalue weighted by molar-refractivity contribution is -0.143. The van der Waals surface area contributed by atoms with Gasteiger partial charge in [-0.25, -0.2) is 4.79 Å². The van der Waals surface area contributed by atoms with Crippen molar-refractivity contribution in [2.24, 2.45) is 4.99 Å². The summed E-state index contributed by atoms with van der Waals surface area (Å²) in [4.78, 5) is 19.6. The normalized spacial score (nSPS) is 19.1. The Bertz CT molecular complexity index is 555. The van der Waals surface area contributed by atoms with Crippen molar-refractivity contribution in [1.82, 2.24) is 20.4 Å². The van der Waals surface area contributed by atoms with Gasteiger partial charge in [0.05, 0.1) is 6.54 Å². The molecule has 1 aliphatic rings. The van der Waals surface area contributed by atoms with E-state index in [-0.39, 0.29) is 42.2 Å². The zero-order chi connectivity index (χ0) is 22.2. The van der Waals surface area contributed by atoms with E-state index in [2.05, 4.69) is 15.6 Å². The number of alkyl halides is 3. The molecule has 2 unspecified atom stereocenters. The van der Waals surface area contributed by atoms with Crippen LogP contribution in [0.3, 0.4) is 0 Å². The van der Waals surface area contributed by atoms with Crippen LogP contribution < -0.4 is 10.6 Å². The van der Waals surface area contributed by atoms with Gasteiger partial charge in [0, 0.05) is 45.3 Å². The molecule has 0 aliphatic carbocycles. The summed E-state index contributed by atoms with van der Waals surface area (Å²) < 4.78 is 43.0. The number of amides is 1. The topological polar surface area (TPSA) is 69.2 Å². The van der Waals surface area contributed by atoms with Crippen molar-refractivity contribution in [2.45, 2.75) is 71.3 Å². The summed E-state index contributed by atoms with van der Waals surface area (Å²) in [5.74, 6) is 0.582. The van der Waals surface area contributed by atoms with Gasteiger partial charge in [0.2, 0.25) is 0 Å². The SMILES string of the molecule is CCNC(=NCCC(C)N(C)C(=O)OC(C)(C)C)NC1CCN(CC(F)(F)F)C1.I. The van der Waals surface area contributed by atoms with Crippen LogP contribution in [0.25, 0.3) is 0 Å². The van der Waals surface area contributed by atoms with E-state index in [1.165, 1.54) is 4.90 Å². The molecule has 2 N–H and O–H groups in total. The first-order chi connectivity index (χ1) is 13.3. The lowest BCUT2D eigenvalue weighted by atomic mass is 10.2. The van der Waals surface area contributed by atoms with E-state index in [0.717, 1.165) is 0 Å². The molecule has 7 nitrogen and oxygen atoms in total. The van der Waals surface area contributed by atoms with Gasteiger partial charge in [-0.2, -0.15) is 13.2 Å². The number of halogens is 4. The Labute approximate surface area is 195 Å². The molecular weight excluding hydrogens is 514 g/mol. The number of likely N-dealkylation sites (tertiary alicyclic amines) is 1. The van der Waals surface area contributed by atoms with Crippen molar-refractivity contribution in [3.8, 4) is 0 Å². The average molecular weight is 551 g/mol. The van der Waals surface area contributed by atoms with E-state index in [4.69, 9.17) is 4.74 Å². The maximum absolute atomic E-state index is 12.5. The van der Waals surface area contributed by atoms with Crippen LogP contribution in [0, 0.1) is 0 Å². The maximum Gasteiger partial charge on any atom is 0.410 e. The van der Waals surface area contributed by atoms with Gasteiger partial charge in [-0.15, -0.1) is 24.0 Å². The number of aliphatic imine (C=N–C) groups is 1. The van der Waals surface area contributed by atoms with E-state index in [0.29, 0.717) is 45.0 Å². The van der Waals surface area contributed by atoms with E-state index < -0.39 is 18.3 Å². The number of hydrogen-bond donors (Lipinski definition) is 2. The number of nitrogens with one attached hydrogen (secondary N) is 2. The molecule has 178 valence electrons. The monoisotopic (exact) mass is 551 g/mol. The second-order valence-corrected chi connectivity index (χ2v) is 8.47. The van der Waals surface area contributed by atoms with Gasteiger partial charge in [0.15, 0.2) is 5.96 Å². The van der Waals surface area contributed by atoms with E-state index >= 15 is 0 Å². The minimum Gasteiger partial charge on any atom is -0.444 e. The molecule has 1 heterocycles. The first kappa shape index (κ1) is 29.0. The molecule has 0 aromatic heterocycles. The van der Waals surface area contributed by atoms with E-state index in [1.54, 1.807) is 11.9 Å². The Kier molecular flexibility index (Phi) is 12.4. The van der Waals surface area contributed by atoms with Gasteiger partial charge in [0.25, 0.3) is 0 Å². The summed E-state index contributed by atoms with van der Waals surface area (Å²) in [5, 5.41) is 6.34. The van der Waals surface area contributed by atoms with Gasteiger partial charge < -0.3 is 20.3 Å². The van der Waals surface area contributed by atoms with Gasteiger partial charge >= 0.3 is 12.3 Å². The third kappa shape index (κ3) is 12.0. The second-order valence-electron chi connectivity index (χ2n) is 8.47. The number of carbonyl (C=O) groups excluding carboxylic acids is 1. The molecule has 1 rings (SSSR count). The largest absolute Gasteiger partial charge is 0.444 e. The maximum atomic E-state index is 12.5. The minimum atomic E-state index is -4.18. The molecule has 1 aliphatic heterocycles. The second kappa shape index (κ2) is 12.8. The van der Waals surface area contributed by atoms with Gasteiger partial charge in [0.1, 0.15) is 5.60 Å². The molecule has 0 spiro atoms. The summed E-state index contributed by atoms with van der Waals surface area (Å²) in [7, 11) is 1.69. The fraction of sp³-hybridized carbons (Fsp3) is 0.895. The van der Waals surface area contributed by atoms with E-state index in [1.807, 2.05) is 34.6 Å². The number of rotatable bonds is 7. The zero-order valence-electron chi connectivity index (χ0n) is 18.8. The van der Waals surface area contributed by atoms with Crippen molar-refractivity contribution in [2.75, 3.05) is 39.8 Å². The molecule has 1 amide bonds. The summed E-state index contributed by atoms with van der Waals surface area (Å²) in [5.41, 5.74) is -0.549. The Balaban J connectivity index is 0.00000841. The first-order valence-electron chi connectivity index (χ1n) is 10.1. The highest BCUT2D eigenvalue weighted by Gasteiger charge is 2.34. The quantitative estimate of drug-likeness (QED) is 0.289. The highest BCUT2D eigenvalue weighted by molar-refractivity contribution is 14.0. The fourth-order valence-electron chi connectivity index (χ4n) is 2.93. The molecule has 11 heteroatoms. The summed E-state index contributed by atoms with van der Waals surface area (Å²) in [6.45, 7) is 10.3. The highest BCUT2D eigenvalue weighted by atomic mass is 127. The fourth-order valence-corrected chi connectivity index (χ4v) is 2.93. The van der Waals surface area contributed by atoms with E-state index in [9.17, 15) is 18.0 Å². The van der Waals surface area contributed by atoms with Crippen molar-refractivity contribution < 1.29 is 22.7 Å². The summed E-state index contributed by atoms with van der Waals surface area (Å²) in [6.07, 6.45) is -3.28. The summed E-state index contributed by atoms with van der Waals surface area (Å²) in [6, 6.07) is -0.137. The van der Waals surface area contributed by atoms with Crippen molar-refractivity contribution >= 4 is 36.0 Å². The number of nitrogens with zero attached hydrogens (tertiary/aromatic N) is 3. The highest BCUT2D eigenvalue weighted by Crippen LogP contribution is 2.20. The third-order valence-corrected chi connectivity index (χ3v) is 4.52. The molecule has 0 aromatic rings. The zero-order valence-corrected chi connectivity index (χ0v) is 21.1. The molecule has 0 aromatic carbocycles. The number of guanidine groups is 1. The lowest BCUT2D eigenvalue weighted by Crippen LogP contribution is -2.45. The number of hydrogen-bond acceptors (Lipinski definition) is 4. The van der Waals surface area contributed by atoms with Crippen LogP contribution in [-0.2, 0) is 4.74 Å². The number of carbonyl (C=O) groups is 1. The first-order valence-corrected chi connectivity index (χ1v) is 10.1. The predicted molar refractivity (Wildman–Crippen MR) is 124 cm³/mol. The predicted octanol–water partition coefficient (Wildman–Crippen LogP) is 3.44. The van der Waals surface area contributed by atoms with Crippen LogP contribution in [0.1, 0.15) is 47.5 Å². The van der Waals surface area contributed by atoms with Crippen LogP contribution in [0.5, 0.6) is 0 Å². The van der Waals surface area contributed by atoms with Crippen LogP contribution in [0.4, 0.5) is 18.0 Å². The van der Waals surface area contributed by atoms with Crippen molar-refractivity contribution in [3.05, 3.63) is 0 Å². The summed E-state index contributed by atoms with van der Waals surface area (Å²) >= 11 is 0. The lowest BCUT2D eigenvalue weighted by Gasteiger charge is -2.28. The Morgan fingerprint density at radius 1 is 1.33 bits per heavy atom. The number of ether oxygens (including phenoxy) is 1. The Morgan fingerprint density at radius 2 is 1.97 bits per heavy atom. The minimum absolute atomic E-state index is 0. The molecular formula is C19H37F3IN5O2. The van der Waals surface area contributed by atoms with Crippen LogP contribution in [0.15, 0.2) is 4.99 Å². The van der Waals surface area contributed by atoms with Gasteiger partial charge in [-0.05, 0) is 47.5 Å². The van der Waals surface area contributed by atoms with Gasteiger partial charge in [-0.1, -0.05) is 0 Å². The molecule has 0 saturated carbocycles. The molecule has 1 saturated heterocycles. The Morgan fingerprint density at radius 3 is 2.50 bits per heavy atom. The van der Waals surface area contributed by atoms with Gasteiger partial charge in [-0.3, -0.25) is 9.89 Å². The average Bonchev–Trinajstić information content (AvgIpc) is 2.97. The van der Waals surface area contributed by atoms with Crippen LogP contribution >= 0.6 is 24.0 Å².